The number of nitrogens with zero attached hydrogens (tertiary/aromatic N) is 1. The summed E-state index contributed by atoms with van der Waals surface area (Å²) < 4.78 is 33.1. The summed E-state index contributed by atoms with van der Waals surface area (Å²) in [4.78, 5) is 0.983. The third-order valence-electron chi connectivity index (χ3n) is 3.82. The fourth-order valence-corrected chi connectivity index (χ4v) is 5.12. The molecule has 0 aliphatic carbocycles. The van der Waals surface area contributed by atoms with Crippen LogP contribution in [-0.2, 0) is 10.0 Å². The summed E-state index contributed by atoms with van der Waals surface area (Å²) >= 11 is 7.06. The molecule has 0 radical (unpaired) electrons. The Morgan fingerprint density at radius 3 is 2.04 bits per heavy atom. The number of hydrogen-bond acceptors (Lipinski definition) is 4. The predicted molar refractivity (Wildman–Crippen MR) is 111 cm³/mol. The molecule has 3 aromatic carbocycles. The first kappa shape index (κ1) is 19.6. The molecule has 0 atom stereocenters. The van der Waals surface area contributed by atoms with Crippen molar-refractivity contribution in [1.29, 1.82) is 0 Å². The summed E-state index contributed by atoms with van der Waals surface area (Å²) in [5.41, 5.74) is 1.52. The first-order chi connectivity index (χ1) is 12.9. The number of anilines is 1. The third-order valence-corrected chi connectivity index (χ3v) is 7.26. The Morgan fingerprint density at radius 1 is 0.889 bits per heavy atom. The lowest BCUT2D eigenvalue weighted by Gasteiger charge is -2.23. The van der Waals surface area contributed by atoms with Crippen LogP contribution < -0.4 is 8.45 Å². The van der Waals surface area contributed by atoms with Crippen LogP contribution in [0.15, 0.2) is 82.6 Å². The van der Waals surface area contributed by atoms with E-state index in [1.165, 1.54) is 3.71 Å². The molecule has 0 fully saturated rings. The van der Waals surface area contributed by atoms with Crippen LogP contribution >= 0.6 is 23.5 Å². The number of ether oxygens (including phenoxy) is 1. The van der Waals surface area contributed by atoms with Crippen LogP contribution in [0.1, 0.15) is 5.56 Å². The minimum Gasteiger partial charge on any atom is -0.497 e. The van der Waals surface area contributed by atoms with Crippen LogP contribution in [0.25, 0.3) is 0 Å². The topological polar surface area (TPSA) is 46.6 Å². The monoisotopic (exact) mass is 419 g/mol. The Balaban J connectivity index is 2.04. The summed E-state index contributed by atoms with van der Waals surface area (Å²) in [5, 5.41) is 0.594. The van der Waals surface area contributed by atoms with E-state index in [2.05, 4.69) is 0 Å². The lowest BCUT2D eigenvalue weighted by molar-refractivity contribution is 0.415. The number of halogens is 1. The van der Waals surface area contributed by atoms with E-state index in [-0.39, 0.29) is 4.90 Å². The largest absolute Gasteiger partial charge is 0.497 e. The van der Waals surface area contributed by atoms with Gasteiger partial charge in [-0.05, 0) is 67.6 Å². The zero-order chi connectivity index (χ0) is 19.4. The number of benzene rings is 3. The Morgan fingerprint density at radius 2 is 1.48 bits per heavy atom. The van der Waals surface area contributed by atoms with Crippen molar-refractivity contribution in [3.63, 3.8) is 0 Å². The van der Waals surface area contributed by atoms with Crippen molar-refractivity contribution in [2.45, 2.75) is 16.7 Å². The minimum absolute atomic E-state index is 0.227. The van der Waals surface area contributed by atoms with Crippen molar-refractivity contribution >= 4 is 39.3 Å². The highest BCUT2D eigenvalue weighted by molar-refractivity contribution is 8.14. The fraction of sp³-hybridized carbons (Fsp3) is 0.100. The van der Waals surface area contributed by atoms with E-state index >= 15 is 0 Å². The first-order valence-electron chi connectivity index (χ1n) is 8.10. The van der Waals surface area contributed by atoms with Gasteiger partial charge >= 0.3 is 0 Å². The molecular formula is C20H18ClNO3S2. The van der Waals surface area contributed by atoms with E-state index in [1.54, 1.807) is 79.9 Å². The van der Waals surface area contributed by atoms with Crippen LogP contribution in [0.3, 0.4) is 0 Å². The van der Waals surface area contributed by atoms with Gasteiger partial charge in [0, 0.05) is 21.9 Å². The number of hydrogen-bond donors (Lipinski definition) is 0. The molecule has 27 heavy (non-hydrogen) atoms. The van der Waals surface area contributed by atoms with Crippen molar-refractivity contribution in [3.05, 3.63) is 83.4 Å². The molecule has 0 aliphatic rings. The van der Waals surface area contributed by atoms with Gasteiger partial charge in [-0.25, -0.2) is 12.1 Å². The molecule has 7 heteroatoms. The van der Waals surface area contributed by atoms with Crippen molar-refractivity contribution in [2.24, 2.45) is 0 Å². The quantitative estimate of drug-likeness (QED) is 0.491. The Hall–Kier alpha value is -2.15. The molecule has 0 N–H and O–H groups in total. The highest BCUT2D eigenvalue weighted by Gasteiger charge is 2.26. The summed E-state index contributed by atoms with van der Waals surface area (Å²) in [5.74, 6) is 0.655. The van der Waals surface area contributed by atoms with Gasteiger partial charge in [0.2, 0.25) is 0 Å². The molecule has 0 saturated heterocycles. The molecule has 0 aromatic heterocycles. The molecule has 0 bridgehead atoms. The SMILES string of the molecule is COc1ccc(N(Sc2ccc(Cl)cc2)S(=O)(=O)c2ccc(C)cc2)cc1. The van der Waals surface area contributed by atoms with E-state index in [0.717, 1.165) is 22.4 Å². The number of aryl methyl sites for hydroxylation is 1. The Bertz CT molecular complexity index is 1000. The van der Waals surface area contributed by atoms with E-state index in [1.807, 2.05) is 6.92 Å². The molecule has 3 aromatic rings. The average Bonchev–Trinajstić information content (AvgIpc) is 2.68. The minimum atomic E-state index is -3.78. The van der Waals surface area contributed by atoms with Gasteiger partial charge in [-0.3, -0.25) is 0 Å². The van der Waals surface area contributed by atoms with E-state index in [0.29, 0.717) is 16.5 Å². The van der Waals surface area contributed by atoms with Gasteiger partial charge in [0.15, 0.2) is 0 Å². The van der Waals surface area contributed by atoms with E-state index in [4.69, 9.17) is 16.3 Å². The van der Waals surface area contributed by atoms with Crippen molar-refractivity contribution in [1.82, 2.24) is 0 Å². The number of rotatable bonds is 6. The van der Waals surface area contributed by atoms with Crippen LogP contribution in [0.4, 0.5) is 5.69 Å². The maximum atomic E-state index is 13.3. The van der Waals surface area contributed by atoms with Crippen molar-refractivity contribution < 1.29 is 13.2 Å². The van der Waals surface area contributed by atoms with Crippen molar-refractivity contribution in [2.75, 3.05) is 10.8 Å². The second-order valence-electron chi connectivity index (χ2n) is 5.79. The predicted octanol–water partition coefficient (Wildman–Crippen LogP) is 5.56. The Kier molecular flexibility index (Phi) is 5.99. The highest BCUT2D eigenvalue weighted by atomic mass is 35.5. The normalized spacial score (nSPS) is 11.2. The highest BCUT2D eigenvalue weighted by Crippen LogP contribution is 2.36. The maximum Gasteiger partial charge on any atom is 0.274 e. The van der Waals surface area contributed by atoms with Gasteiger partial charge in [0.1, 0.15) is 5.75 Å². The molecule has 0 saturated carbocycles. The third kappa shape index (κ3) is 4.58. The van der Waals surface area contributed by atoms with Gasteiger partial charge < -0.3 is 4.74 Å². The molecule has 0 heterocycles. The summed E-state index contributed by atoms with van der Waals surface area (Å²) in [6, 6.07) is 20.7. The van der Waals surface area contributed by atoms with Gasteiger partial charge in [-0.1, -0.05) is 29.3 Å². The number of methoxy groups -OCH3 is 1. The lowest BCUT2D eigenvalue weighted by Crippen LogP contribution is -2.24. The van der Waals surface area contributed by atoms with Crippen molar-refractivity contribution in [3.8, 4) is 5.75 Å². The van der Waals surface area contributed by atoms with E-state index < -0.39 is 10.0 Å². The first-order valence-corrected chi connectivity index (χ1v) is 10.7. The summed E-state index contributed by atoms with van der Waals surface area (Å²) in [6.45, 7) is 1.92. The molecule has 4 nitrogen and oxygen atoms in total. The fourth-order valence-electron chi connectivity index (χ4n) is 2.34. The van der Waals surface area contributed by atoms with Crippen LogP contribution in [-0.4, -0.2) is 15.5 Å². The van der Waals surface area contributed by atoms with Gasteiger partial charge in [0.25, 0.3) is 10.0 Å². The molecule has 0 aliphatic heterocycles. The smallest absolute Gasteiger partial charge is 0.274 e. The summed E-state index contributed by atoms with van der Waals surface area (Å²) in [6.07, 6.45) is 0. The standard InChI is InChI=1S/C20H18ClNO3S2/c1-15-3-13-20(14-4-15)27(23,24)22(17-7-9-18(25-2)10-8-17)26-19-11-5-16(21)6-12-19/h3-14H,1-2H3. The lowest BCUT2D eigenvalue weighted by atomic mass is 10.2. The maximum absolute atomic E-state index is 13.3. The van der Waals surface area contributed by atoms with Gasteiger partial charge in [-0.15, -0.1) is 0 Å². The molecule has 0 unspecified atom stereocenters. The zero-order valence-corrected chi connectivity index (χ0v) is 17.2. The summed E-state index contributed by atoms with van der Waals surface area (Å²) in [7, 11) is -2.21. The Labute approximate surface area is 168 Å². The van der Waals surface area contributed by atoms with Crippen LogP contribution in [0, 0.1) is 6.92 Å². The molecule has 140 valence electrons. The zero-order valence-electron chi connectivity index (χ0n) is 14.8. The van der Waals surface area contributed by atoms with E-state index in [9.17, 15) is 8.42 Å². The second kappa shape index (κ2) is 8.25. The second-order valence-corrected chi connectivity index (χ2v) is 9.26. The molecule has 3 rings (SSSR count). The number of sulfonamides is 1. The molecule has 0 spiro atoms. The van der Waals surface area contributed by atoms with Crippen LogP contribution in [0.2, 0.25) is 5.02 Å². The van der Waals surface area contributed by atoms with Crippen LogP contribution in [0.5, 0.6) is 5.75 Å². The van der Waals surface area contributed by atoms with Gasteiger partial charge in [-0.2, -0.15) is 0 Å². The average molecular weight is 420 g/mol. The van der Waals surface area contributed by atoms with Gasteiger partial charge in [0.05, 0.1) is 17.7 Å². The molecule has 0 amide bonds. The molecular weight excluding hydrogens is 402 g/mol.